The molecule has 0 unspecified atom stereocenters. The smallest absolute Gasteiger partial charge is 0.157 e. The highest BCUT2D eigenvalue weighted by molar-refractivity contribution is 4.96. The largest absolute Gasteiger partial charge is 0.353 e. The van der Waals surface area contributed by atoms with Crippen molar-refractivity contribution in [2.75, 3.05) is 13.2 Å². The summed E-state index contributed by atoms with van der Waals surface area (Å²) < 4.78 is 11.9. The number of allylic oxidation sites excluding steroid dienone is 3. The van der Waals surface area contributed by atoms with Crippen molar-refractivity contribution in [3.63, 3.8) is 0 Å². The average Bonchev–Trinajstić information content (AvgIpc) is 2.57. The molecule has 0 aromatic heterocycles. The Morgan fingerprint density at radius 2 is 1.30 bits per heavy atom. The van der Waals surface area contributed by atoms with E-state index < -0.39 is 0 Å². The molecular weight excluding hydrogens is 284 g/mol. The summed E-state index contributed by atoms with van der Waals surface area (Å²) in [6, 6.07) is 0. The number of rotatable bonds is 18. The van der Waals surface area contributed by atoms with Gasteiger partial charge in [0.2, 0.25) is 0 Å². The quantitative estimate of drug-likeness (QED) is 0.157. The van der Waals surface area contributed by atoms with E-state index in [0.29, 0.717) is 0 Å². The second kappa shape index (κ2) is 19.4. The van der Waals surface area contributed by atoms with Gasteiger partial charge in [0.1, 0.15) is 0 Å². The first kappa shape index (κ1) is 22.4. The standard InChI is InChI=1S/C21H40O2/c1-4-7-10-13-16-19-22-21(18-15-12-9-6-3)23-20-17-14-11-8-5-2/h6,9,12,21H,3-5,7-8,10-11,13-20H2,1-2H3/b12-9-. The molecule has 0 aromatic rings. The van der Waals surface area contributed by atoms with E-state index in [1.165, 1.54) is 51.4 Å². The van der Waals surface area contributed by atoms with Gasteiger partial charge in [0.25, 0.3) is 0 Å². The summed E-state index contributed by atoms with van der Waals surface area (Å²) in [6.45, 7) is 9.85. The molecule has 0 saturated carbocycles. The molecule has 0 aliphatic carbocycles. The highest BCUT2D eigenvalue weighted by Gasteiger charge is 2.08. The second-order valence-electron chi connectivity index (χ2n) is 6.24. The Hall–Kier alpha value is -0.600. The van der Waals surface area contributed by atoms with E-state index >= 15 is 0 Å². The summed E-state index contributed by atoms with van der Waals surface area (Å²) in [5, 5.41) is 0. The van der Waals surface area contributed by atoms with Crippen molar-refractivity contribution >= 4 is 0 Å². The lowest BCUT2D eigenvalue weighted by atomic mass is 10.2. The Morgan fingerprint density at radius 3 is 1.78 bits per heavy atom. The summed E-state index contributed by atoms with van der Waals surface area (Å²) in [4.78, 5) is 0. The van der Waals surface area contributed by atoms with Crippen molar-refractivity contribution in [1.29, 1.82) is 0 Å². The van der Waals surface area contributed by atoms with Crippen LogP contribution in [0.15, 0.2) is 24.8 Å². The van der Waals surface area contributed by atoms with Gasteiger partial charge in [-0.15, -0.1) is 0 Å². The molecule has 0 amide bonds. The van der Waals surface area contributed by atoms with E-state index in [2.05, 4.69) is 26.5 Å². The van der Waals surface area contributed by atoms with Crippen LogP contribution in [0.4, 0.5) is 0 Å². The third kappa shape index (κ3) is 17.6. The first-order valence-corrected chi connectivity index (χ1v) is 9.85. The minimum atomic E-state index is -0.0400. The second-order valence-corrected chi connectivity index (χ2v) is 6.24. The van der Waals surface area contributed by atoms with Crippen LogP contribution in [0.1, 0.15) is 90.9 Å². The zero-order valence-electron chi connectivity index (χ0n) is 15.7. The Morgan fingerprint density at radius 1 is 0.783 bits per heavy atom. The zero-order chi connectivity index (χ0) is 17.0. The predicted molar refractivity (Wildman–Crippen MR) is 102 cm³/mol. The van der Waals surface area contributed by atoms with E-state index in [4.69, 9.17) is 9.47 Å². The van der Waals surface area contributed by atoms with Gasteiger partial charge in [-0.1, -0.05) is 90.0 Å². The monoisotopic (exact) mass is 324 g/mol. The average molecular weight is 325 g/mol. The molecule has 0 heterocycles. The van der Waals surface area contributed by atoms with Crippen LogP contribution in [-0.2, 0) is 9.47 Å². The van der Waals surface area contributed by atoms with Gasteiger partial charge in [-0.25, -0.2) is 0 Å². The topological polar surface area (TPSA) is 18.5 Å². The fourth-order valence-electron chi connectivity index (χ4n) is 2.48. The molecule has 0 spiro atoms. The van der Waals surface area contributed by atoms with E-state index in [1.54, 1.807) is 0 Å². The number of unbranched alkanes of at least 4 members (excludes halogenated alkanes) is 8. The van der Waals surface area contributed by atoms with Gasteiger partial charge in [0, 0.05) is 19.6 Å². The van der Waals surface area contributed by atoms with Crippen molar-refractivity contribution in [2.45, 2.75) is 97.2 Å². The van der Waals surface area contributed by atoms with Gasteiger partial charge in [-0.05, 0) is 19.3 Å². The number of hydrogen-bond donors (Lipinski definition) is 0. The Balaban J connectivity index is 3.79. The van der Waals surface area contributed by atoms with Crippen LogP contribution < -0.4 is 0 Å². The van der Waals surface area contributed by atoms with E-state index in [9.17, 15) is 0 Å². The molecule has 0 aliphatic heterocycles. The first-order valence-electron chi connectivity index (χ1n) is 9.85. The Kier molecular flexibility index (Phi) is 18.9. The van der Waals surface area contributed by atoms with E-state index in [0.717, 1.165) is 38.9 Å². The molecule has 0 aromatic carbocycles. The summed E-state index contributed by atoms with van der Waals surface area (Å²) in [7, 11) is 0. The zero-order valence-corrected chi connectivity index (χ0v) is 15.7. The summed E-state index contributed by atoms with van der Waals surface area (Å²) in [5.74, 6) is 0. The minimum absolute atomic E-state index is 0.0400. The highest BCUT2D eigenvalue weighted by atomic mass is 16.7. The molecule has 0 fully saturated rings. The van der Waals surface area contributed by atoms with Crippen LogP contribution in [-0.4, -0.2) is 19.5 Å². The molecule has 0 bridgehead atoms. The number of ether oxygens (including phenoxy) is 2. The Labute approximate surface area is 145 Å². The molecule has 0 aliphatic rings. The predicted octanol–water partition coefficient (Wildman–Crippen LogP) is 6.81. The van der Waals surface area contributed by atoms with Crippen LogP contribution in [0.3, 0.4) is 0 Å². The first-order chi connectivity index (χ1) is 11.3. The van der Waals surface area contributed by atoms with Crippen LogP contribution >= 0.6 is 0 Å². The molecule has 0 radical (unpaired) electrons. The minimum Gasteiger partial charge on any atom is -0.353 e. The number of hydrogen-bond acceptors (Lipinski definition) is 2. The third-order valence-corrected chi connectivity index (χ3v) is 3.94. The summed E-state index contributed by atoms with van der Waals surface area (Å²) >= 11 is 0. The van der Waals surface area contributed by atoms with E-state index in [1.807, 2.05) is 12.2 Å². The fraction of sp³-hybridized carbons (Fsp3) is 0.810. The van der Waals surface area contributed by atoms with E-state index in [-0.39, 0.29) is 6.29 Å². The maximum atomic E-state index is 5.95. The van der Waals surface area contributed by atoms with Gasteiger partial charge in [0.05, 0.1) is 0 Å². The molecule has 0 N–H and O–H groups in total. The maximum absolute atomic E-state index is 5.95. The molecule has 0 atom stereocenters. The van der Waals surface area contributed by atoms with Gasteiger partial charge in [-0.2, -0.15) is 0 Å². The molecule has 2 nitrogen and oxygen atoms in total. The lowest BCUT2D eigenvalue weighted by Gasteiger charge is -2.18. The normalized spacial score (nSPS) is 11.6. The van der Waals surface area contributed by atoms with Crippen molar-refractivity contribution in [1.82, 2.24) is 0 Å². The maximum Gasteiger partial charge on any atom is 0.157 e. The SMILES string of the molecule is C=C/C=C\CCC(OCCCCCCC)OCCCCCCC. The Bertz CT molecular complexity index is 245. The van der Waals surface area contributed by atoms with Crippen molar-refractivity contribution in [2.24, 2.45) is 0 Å². The van der Waals surface area contributed by atoms with Gasteiger partial charge in [-0.3, -0.25) is 0 Å². The van der Waals surface area contributed by atoms with Crippen LogP contribution in [0, 0.1) is 0 Å². The highest BCUT2D eigenvalue weighted by Crippen LogP contribution is 2.10. The lowest BCUT2D eigenvalue weighted by molar-refractivity contribution is -0.146. The van der Waals surface area contributed by atoms with Crippen molar-refractivity contribution < 1.29 is 9.47 Å². The van der Waals surface area contributed by atoms with Crippen molar-refractivity contribution in [3.05, 3.63) is 24.8 Å². The van der Waals surface area contributed by atoms with Crippen LogP contribution in [0.25, 0.3) is 0 Å². The molecular formula is C21H40O2. The molecule has 0 rings (SSSR count). The van der Waals surface area contributed by atoms with Gasteiger partial charge < -0.3 is 9.47 Å². The molecule has 136 valence electrons. The fourth-order valence-corrected chi connectivity index (χ4v) is 2.48. The van der Waals surface area contributed by atoms with Crippen LogP contribution in [0.5, 0.6) is 0 Å². The van der Waals surface area contributed by atoms with Crippen molar-refractivity contribution in [3.8, 4) is 0 Å². The summed E-state index contributed by atoms with van der Waals surface area (Å²) in [5.41, 5.74) is 0. The van der Waals surface area contributed by atoms with Crippen LogP contribution in [0.2, 0.25) is 0 Å². The molecule has 2 heteroatoms. The van der Waals surface area contributed by atoms with Gasteiger partial charge in [0.15, 0.2) is 6.29 Å². The summed E-state index contributed by atoms with van der Waals surface area (Å²) in [6.07, 6.45) is 20.6. The third-order valence-electron chi connectivity index (χ3n) is 3.94. The molecule has 0 saturated heterocycles. The van der Waals surface area contributed by atoms with Gasteiger partial charge >= 0.3 is 0 Å². The lowest BCUT2D eigenvalue weighted by Crippen LogP contribution is -2.18. The molecule has 23 heavy (non-hydrogen) atoms.